The average Bonchev–Trinajstić information content (AvgIpc) is 2.77. The van der Waals surface area contributed by atoms with E-state index in [4.69, 9.17) is 0 Å². The first-order valence-corrected chi connectivity index (χ1v) is 5.74. The van der Waals surface area contributed by atoms with Gasteiger partial charge in [-0.25, -0.2) is 9.97 Å². The van der Waals surface area contributed by atoms with Crippen LogP contribution in [0.4, 0.5) is 5.95 Å². The van der Waals surface area contributed by atoms with Crippen LogP contribution in [0.3, 0.4) is 0 Å². The monoisotopic (exact) mass is 221 g/mol. The molecule has 0 saturated carbocycles. The minimum absolute atomic E-state index is 0.823. The Bertz CT molecular complexity index is 462. The number of piperazine rings is 1. The van der Waals surface area contributed by atoms with Gasteiger partial charge in [0.05, 0.1) is 17.1 Å². The third kappa shape index (κ3) is 1.66. The Hall–Kier alpha value is -1.27. The van der Waals surface area contributed by atoms with Gasteiger partial charge in [0.2, 0.25) is 5.95 Å². The van der Waals surface area contributed by atoms with E-state index in [0.29, 0.717) is 0 Å². The number of rotatable bonds is 1. The molecule has 0 aliphatic carbocycles. The van der Waals surface area contributed by atoms with Gasteiger partial charge in [0.1, 0.15) is 5.52 Å². The topological polar surface area (TPSA) is 53.9 Å². The van der Waals surface area contributed by atoms with Gasteiger partial charge in [-0.1, -0.05) is 0 Å². The molecule has 0 radical (unpaired) electrons. The normalized spacial score (nSPS) is 17.2. The molecule has 3 heterocycles. The predicted molar refractivity (Wildman–Crippen MR) is 60.3 cm³/mol. The highest BCUT2D eigenvalue weighted by molar-refractivity contribution is 7.13. The van der Waals surface area contributed by atoms with Gasteiger partial charge in [-0.15, -0.1) is 0 Å². The summed E-state index contributed by atoms with van der Waals surface area (Å²) in [5.41, 5.74) is 0.948. The van der Waals surface area contributed by atoms with E-state index in [0.717, 1.165) is 42.3 Å². The van der Waals surface area contributed by atoms with Crippen molar-refractivity contribution in [2.45, 2.75) is 0 Å². The van der Waals surface area contributed by atoms with E-state index < -0.39 is 0 Å². The second kappa shape index (κ2) is 3.71. The minimum atomic E-state index is 0.823. The summed E-state index contributed by atoms with van der Waals surface area (Å²) in [6.45, 7) is 3.96. The predicted octanol–water partition coefficient (Wildman–Crippen LogP) is 0.496. The lowest BCUT2D eigenvalue weighted by molar-refractivity contribution is 0.580. The van der Waals surface area contributed by atoms with Crippen LogP contribution in [0.2, 0.25) is 0 Å². The molecule has 1 saturated heterocycles. The lowest BCUT2D eigenvalue weighted by atomic mass is 10.4. The summed E-state index contributed by atoms with van der Waals surface area (Å²) < 4.78 is 5.15. The van der Waals surface area contributed by atoms with Crippen molar-refractivity contribution in [2.24, 2.45) is 0 Å². The molecule has 2 aromatic heterocycles. The first-order valence-electron chi connectivity index (χ1n) is 4.96. The smallest absolute Gasteiger partial charge is 0.226 e. The van der Waals surface area contributed by atoms with Crippen LogP contribution in [0.25, 0.3) is 10.2 Å². The summed E-state index contributed by atoms with van der Waals surface area (Å²) in [7, 11) is 0. The number of anilines is 1. The molecule has 5 nitrogen and oxygen atoms in total. The van der Waals surface area contributed by atoms with Gasteiger partial charge in [-0.3, -0.25) is 0 Å². The van der Waals surface area contributed by atoms with Gasteiger partial charge in [-0.05, 0) is 11.5 Å². The average molecular weight is 221 g/mol. The zero-order valence-electron chi connectivity index (χ0n) is 8.18. The fourth-order valence-corrected chi connectivity index (χ4v) is 2.25. The molecule has 0 unspecified atom stereocenters. The summed E-state index contributed by atoms with van der Waals surface area (Å²) in [6.07, 6.45) is 3.66. The van der Waals surface area contributed by atoms with E-state index in [-0.39, 0.29) is 0 Å². The van der Waals surface area contributed by atoms with Crippen LogP contribution in [-0.2, 0) is 0 Å². The summed E-state index contributed by atoms with van der Waals surface area (Å²) in [5.74, 6) is 0.823. The molecular weight excluding hydrogens is 210 g/mol. The van der Waals surface area contributed by atoms with Crippen LogP contribution < -0.4 is 10.2 Å². The lowest BCUT2D eigenvalue weighted by Crippen LogP contribution is -2.44. The van der Waals surface area contributed by atoms with Crippen LogP contribution in [0.15, 0.2) is 12.4 Å². The third-order valence-electron chi connectivity index (χ3n) is 2.50. The standard InChI is InChI=1S/C9H11N5S/c1-3-14(4-2-10-1)9-11-6-8-7(13-9)5-12-15-8/h5-6,10H,1-4H2. The number of nitrogens with one attached hydrogen (secondary N) is 1. The zero-order chi connectivity index (χ0) is 10.1. The fraction of sp³-hybridized carbons (Fsp3) is 0.444. The second-order valence-corrected chi connectivity index (χ2v) is 4.32. The number of hydrogen-bond acceptors (Lipinski definition) is 6. The maximum absolute atomic E-state index is 4.49. The maximum atomic E-state index is 4.49. The quantitative estimate of drug-likeness (QED) is 0.760. The molecule has 1 aliphatic rings. The molecule has 0 atom stereocenters. The summed E-state index contributed by atoms with van der Waals surface area (Å²) in [4.78, 5) is 11.1. The largest absolute Gasteiger partial charge is 0.338 e. The molecule has 3 rings (SSSR count). The molecular formula is C9H11N5S. The van der Waals surface area contributed by atoms with Crippen LogP contribution in [-0.4, -0.2) is 40.5 Å². The van der Waals surface area contributed by atoms with E-state index in [1.807, 2.05) is 6.20 Å². The molecule has 2 aromatic rings. The fourth-order valence-electron chi connectivity index (χ4n) is 1.69. The molecule has 1 N–H and O–H groups in total. The van der Waals surface area contributed by atoms with Crippen molar-refractivity contribution in [3.63, 3.8) is 0 Å². The van der Waals surface area contributed by atoms with E-state index >= 15 is 0 Å². The second-order valence-electron chi connectivity index (χ2n) is 3.48. The van der Waals surface area contributed by atoms with Crippen molar-refractivity contribution in [3.8, 4) is 0 Å². The highest BCUT2D eigenvalue weighted by Gasteiger charge is 2.13. The lowest BCUT2D eigenvalue weighted by Gasteiger charge is -2.27. The Morgan fingerprint density at radius 1 is 1.27 bits per heavy atom. The summed E-state index contributed by atoms with van der Waals surface area (Å²) in [5, 5.41) is 3.31. The maximum Gasteiger partial charge on any atom is 0.226 e. The molecule has 0 bridgehead atoms. The van der Waals surface area contributed by atoms with Crippen molar-refractivity contribution in [1.29, 1.82) is 0 Å². The van der Waals surface area contributed by atoms with Crippen LogP contribution in [0.5, 0.6) is 0 Å². The van der Waals surface area contributed by atoms with Crippen molar-refractivity contribution >= 4 is 27.7 Å². The highest BCUT2D eigenvalue weighted by Crippen LogP contribution is 2.17. The van der Waals surface area contributed by atoms with Crippen LogP contribution >= 0.6 is 11.5 Å². The van der Waals surface area contributed by atoms with Crippen molar-refractivity contribution in [1.82, 2.24) is 19.7 Å². The SMILES string of the molecule is c1nsc2cnc(N3CCNCC3)nc12. The summed E-state index contributed by atoms with van der Waals surface area (Å²) in [6, 6.07) is 0. The van der Waals surface area contributed by atoms with Crippen LogP contribution in [0, 0.1) is 0 Å². The van der Waals surface area contributed by atoms with E-state index in [1.165, 1.54) is 11.5 Å². The van der Waals surface area contributed by atoms with Crippen molar-refractivity contribution in [3.05, 3.63) is 12.4 Å². The summed E-state index contributed by atoms with van der Waals surface area (Å²) >= 11 is 1.44. The number of aromatic nitrogens is 3. The third-order valence-corrected chi connectivity index (χ3v) is 3.22. The Labute approximate surface area is 91.3 Å². The molecule has 1 aliphatic heterocycles. The minimum Gasteiger partial charge on any atom is -0.338 e. The molecule has 6 heteroatoms. The Balaban J connectivity index is 1.95. The molecule has 0 spiro atoms. The van der Waals surface area contributed by atoms with Gasteiger partial charge in [-0.2, -0.15) is 4.37 Å². The molecule has 1 fully saturated rings. The van der Waals surface area contributed by atoms with E-state index in [2.05, 4.69) is 24.6 Å². The molecule has 0 amide bonds. The molecule has 78 valence electrons. The first-order chi connectivity index (χ1) is 7.43. The van der Waals surface area contributed by atoms with E-state index in [1.54, 1.807) is 6.20 Å². The van der Waals surface area contributed by atoms with Crippen molar-refractivity contribution in [2.75, 3.05) is 31.1 Å². The Kier molecular flexibility index (Phi) is 2.22. The van der Waals surface area contributed by atoms with Crippen molar-refractivity contribution < 1.29 is 0 Å². The van der Waals surface area contributed by atoms with Crippen LogP contribution in [0.1, 0.15) is 0 Å². The van der Waals surface area contributed by atoms with E-state index in [9.17, 15) is 0 Å². The molecule has 15 heavy (non-hydrogen) atoms. The molecule has 0 aromatic carbocycles. The van der Waals surface area contributed by atoms with Gasteiger partial charge in [0.25, 0.3) is 0 Å². The number of fused-ring (bicyclic) bond motifs is 1. The van der Waals surface area contributed by atoms with Gasteiger partial charge in [0.15, 0.2) is 0 Å². The number of nitrogens with zero attached hydrogens (tertiary/aromatic N) is 4. The van der Waals surface area contributed by atoms with Gasteiger partial charge >= 0.3 is 0 Å². The first kappa shape index (κ1) is 8.99. The Morgan fingerprint density at radius 3 is 3.00 bits per heavy atom. The Morgan fingerprint density at radius 2 is 2.13 bits per heavy atom. The van der Waals surface area contributed by atoms with Gasteiger partial charge in [0, 0.05) is 26.2 Å². The van der Waals surface area contributed by atoms with Gasteiger partial charge < -0.3 is 10.2 Å². The highest BCUT2D eigenvalue weighted by atomic mass is 32.1. The zero-order valence-corrected chi connectivity index (χ0v) is 9.00. The number of hydrogen-bond donors (Lipinski definition) is 1.